The van der Waals surface area contributed by atoms with Crippen molar-refractivity contribution in [1.29, 1.82) is 0 Å². The maximum Gasteiger partial charge on any atom is 0.254 e. The predicted octanol–water partition coefficient (Wildman–Crippen LogP) is 1.94. The van der Waals surface area contributed by atoms with Crippen molar-refractivity contribution in [3.8, 4) is 0 Å². The number of hydrogen-bond donors (Lipinski definition) is 1. The van der Waals surface area contributed by atoms with E-state index in [0.29, 0.717) is 23.6 Å². The molecule has 1 aromatic rings. The topological polar surface area (TPSA) is 40.5 Å². The van der Waals surface area contributed by atoms with Crippen LogP contribution in [0.5, 0.6) is 0 Å². The second kappa shape index (κ2) is 4.44. The summed E-state index contributed by atoms with van der Waals surface area (Å²) in [5.74, 6) is -0.0410. The lowest BCUT2D eigenvalue weighted by atomic mass is 10.2. The number of benzene rings is 1. The van der Waals surface area contributed by atoms with E-state index < -0.39 is 6.10 Å². The van der Waals surface area contributed by atoms with Crippen LogP contribution in [-0.2, 0) is 0 Å². The lowest BCUT2D eigenvalue weighted by Crippen LogP contribution is -2.34. The van der Waals surface area contributed by atoms with E-state index in [9.17, 15) is 9.90 Å². The second-order valence-corrected chi connectivity index (χ2v) is 4.64. The van der Waals surface area contributed by atoms with Crippen LogP contribution in [0.4, 0.5) is 0 Å². The Morgan fingerprint density at radius 2 is 2.06 bits per heavy atom. The molecule has 1 amide bonds. The summed E-state index contributed by atoms with van der Waals surface area (Å²) in [6.45, 7) is 2.37. The number of β-amino-alcohol motifs (C(OH)–C–C–N with tert-alkyl or cyclic N) is 1. The molecule has 86 valence electrons. The molecule has 3 nitrogen and oxygen atoms in total. The fourth-order valence-electron chi connectivity index (χ4n) is 2.04. The molecule has 1 fully saturated rings. The van der Waals surface area contributed by atoms with Crippen LogP contribution in [0.1, 0.15) is 23.7 Å². The Morgan fingerprint density at radius 1 is 1.44 bits per heavy atom. The van der Waals surface area contributed by atoms with E-state index in [2.05, 4.69) is 0 Å². The summed E-state index contributed by atoms with van der Waals surface area (Å²) in [6.07, 6.45) is 0.255. The zero-order chi connectivity index (χ0) is 11.7. The average Bonchev–Trinajstić information content (AvgIpc) is 2.58. The van der Waals surface area contributed by atoms with Gasteiger partial charge in [-0.1, -0.05) is 11.6 Å². The summed E-state index contributed by atoms with van der Waals surface area (Å²) in [4.78, 5) is 13.8. The van der Waals surface area contributed by atoms with Crippen molar-refractivity contribution in [2.75, 3.05) is 6.54 Å². The van der Waals surface area contributed by atoms with Gasteiger partial charge in [-0.05, 0) is 37.6 Å². The minimum absolute atomic E-state index is 0.0410. The minimum atomic E-state index is -0.397. The Hall–Kier alpha value is -1.06. The number of aliphatic hydroxyl groups is 1. The van der Waals surface area contributed by atoms with Gasteiger partial charge in [-0.2, -0.15) is 0 Å². The molecule has 0 aliphatic carbocycles. The van der Waals surface area contributed by atoms with E-state index in [-0.39, 0.29) is 11.9 Å². The summed E-state index contributed by atoms with van der Waals surface area (Å²) >= 11 is 5.76. The molecule has 16 heavy (non-hydrogen) atoms. The first-order valence-electron chi connectivity index (χ1n) is 5.32. The van der Waals surface area contributed by atoms with Gasteiger partial charge in [0.1, 0.15) is 0 Å². The summed E-state index contributed by atoms with van der Waals surface area (Å²) in [7, 11) is 0. The molecule has 0 saturated carbocycles. The molecule has 2 rings (SSSR count). The third-order valence-electron chi connectivity index (χ3n) is 2.90. The first-order valence-corrected chi connectivity index (χ1v) is 5.70. The van der Waals surface area contributed by atoms with Crippen molar-refractivity contribution in [2.24, 2.45) is 0 Å². The average molecular weight is 240 g/mol. The molecule has 0 aromatic heterocycles. The van der Waals surface area contributed by atoms with Crippen molar-refractivity contribution in [3.05, 3.63) is 34.9 Å². The highest BCUT2D eigenvalue weighted by Gasteiger charge is 2.31. The number of aliphatic hydroxyl groups excluding tert-OH is 1. The third-order valence-corrected chi connectivity index (χ3v) is 3.16. The smallest absolute Gasteiger partial charge is 0.254 e. The van der Waals surface area contributed by atoms with E-state index in [1.165, 1.54) is 0 Å². The lowest BCUT2D eigenvalue weighted by molar-refractivity contribution is 0.0726. The number of likely N-dealkylation sites (tertiary alicyclic amines) is 1. The molecule has 0 bridgehead atoms. The van der Waals surface area contributed by atoms with Crippen LogP contribution in [0, 0.1) is 0 Å². The first-order chi connectivity index (χ1) is 7.58. The summed E-state index contributed by atoms with van der Waals surface area (Å²) in [6, 6.07) is 6.92. The third kappa shape index (κ3) is 2.20. The van der Waals surface area contributed by atoms with Crippen LogP contribution in [0.15, 0.2) is 24.3 Å². The van der Waals surface area contributed by atoms with E-state index in [1.54, 1.807) is 29.2 Å². The van der Waals surface area contributed by atoms with Gasteiger partial charge in [0.2, 0.25) is 0 Å². The van der Waals surface area contributed by atoms with Crippen LogP contribution in [0.2, 0.25) is 5.02 Å². The van der Waals surface area contributed by atoms with Crippen LogP contribution < -0.4 is 0 Å². The van der Waals surface area contributed by atoms with Crippen molar-refractivity contribution in [1.82, 2.24) is 4.90 Å². The maximum atomic E-state index is 12.1. The molecule has 1 saturated heterocycles. The molecule has 0 unspecified atom stereocenters. The Labute approximate surface area is 99.6 Å². The molecule has 1 aliphatic heterocycles. The SMILES string of the molecule is C[C@@H]1C[C@@H](O)CN1C(=O)c1ccc(Cl)cc1. The highest BCUT2D eigenvalue weighted by molar-refractivity contribution is 6.30. The Bertz CT molecular complexity index is 391. The zero-order valence-corrected chi connectivity index (χ0v) is 9.81. The zero-order valence-electron chi connectivity index (χ0n) is 9.06. The van der Waals surface area contributed by atoms with E-state index >= 15 is 0 Å². The Kier molecular flexibility index (Phi) is 3.17. The fourth-order valence-corrected chi connectivity index (χ4v) is 2.17. The van der Waals surface area contributed by atoms with Crippen molar-refractivity contribution in [2.45, 2.75) is 25.5 Å². The number of hydrogen-bond acceptors (Lipinski definition) is 2. The standard InChI is InChI=1S/C12H14ClNO2/c1-8-6-11(15)7-14(8)12(16)9-2-4-10(13)5-3-9/h2-5,8,11,15H,6-7H2,1H3/t8-,11-/m1/s1. The molecule has 2 atom stereocenters. The van der Waals surface area contributed by atoms with Gasteiger partial charge in [-0.3, -0.25) is 4.79 Å². The predicted molar refractivity (Wildman–Crippen MR) is 62.6 cm³/mol. The van der Waals surface area contributed by atoms with Crippen LogP contribution in [-0.4, -0.2) is 34.6 Å². The highest BCUT2D eigenvalue weighted by atomic mass is 35.5. The van der Waals surface area contributed by atoms with Gasteiger partial charge in [-0.25, -0.2) is 0 Å². The lowest BCUT2D eigenvalue weighted by Gasteiger charge is -2.21. The second-order valence-electron chi connectivity index (χ2n) is 4.20. The number of nitrogens with zero attached hydrogens (tertiary/aromatic N) is 1. The minimum Gasteiger partial charge on any atom is -0.391 e. The first kappa shape index (κ1) is 11.4. The number of rotatable bonds is 1. The molecule has 1 N–H and O–H groups in total. The van der Waals surface area contributed by atoms with Crippen LogP contribution in [0.3, 0.4) is 0 Å². The molecule has 0 radical (unpaired) electrons. The van der Waals surface area contributed by atoms with Gasteiger partial charge in [0.05, 0.1) is 6.10 Å². The summed E-state index contributed by atoms with van der Waals surface area (Å²) < 4.78 is 0. The van der Waals surface area contributed by atoms with Gasteiger partial charge >= 0.3 is 0 Å². The van der Waals surface area contributed by atoms with Crippen molar-refractivity contribution >= 4 is 17.5 Å². The van der Waals surface area contributed by atoms with Gasteiger partial charge < -0.3 is 10.0 Å². The number of carbonyl (C=O) groups excluding carboxylic acids is 1. The molecule has 4 heteroatoms. The van der Waals surface area contributed by atoms with Crippen molar-refractivity contribution < 1.29 is 9.90 Å². The number of halogens is 1. The van der Waals surface area contributed by atoms with E-state index in [1.807, 2.05) is 6.92 Å². The fraction of sp³-hybridized carbons (Fsp3) is 0.417. The largest absolute Gasteiger partial charge is 0.391 e. The van der Waals surface area contributed by atoms with Gasteiger partial charge in [0.15, 0.2) is 0 Å². The summed E-state index contributed by atoms with van der Waals surface area (Å²) in [5, 5.41) is 10.1. The van der Waals surface area contributed by atoms with Gasteiger partial charge in [0.25, 0.3) is 5.91 Å². The van der Waals surface area contributed by atoms with E-state index in [4.69, 9.17) is 11.6 Å². The Balaban J connectivity index is 2.16. The van der Waals surface area contributed by atoms with Gasteiger partial charge in [0, 0.05) is 23.2 Å². The molecular weight excluding hydrogens is 226 g/mol. The molecule has 1 aliphatic rings. The molecule has 1 aromatic carbocycles. The van der Waals surface area contributed by atoms with Crippen molar-refractivity contribution in [3.63, 3.8) is 0 Å². The quantitative estimate of drug-likeness (QED) is 0.814. The highest BCUT2D eigenvalue weighted by Crippen LogP contribution is 2.20. The number of carbonyl (C=O) groups is 1. The molecule has 1 heterocycles. The molecular formula is C12H14ClNO2. The molecule has 0 spiro atoms. The Morgan fingerprint density at radius 3 is 2.56 bits per heavy atom. The van der Waals surface area contributed by atoms with Crippen LogP contribution >= 0.6 is 11.6 Å². The monoisotopic (exact) mass is 239 g/mol. The number of amides is 1. The normalized spacial score (nSPS) is 24.8. The van der Waals surface area contributed by atoms with E-state index in [0.717, 1.165) is 0 Å². The van der Waals surface area contributed by atoms with Crippen LogP contribution in [0.25, 0.3) is 0 Å². The summed E-state index contributed by atoms with van der Waals surface area (Å²) in [5.41, 5.74) is 0.616. The van der Waals surface area contributed by atoms with Gasteiger partial charge in [-0.15, -0.1) is 0 Å². The maximum absolute atomic E-state index is 12.1.